The van der Waals surface area contributed by atoms with Crippen LogP contribution in [0.1, 0.15) is 46.1 Å². The number of aryl methyl sites for hydroxylation is 1. The molecule has 0 saturated carbocycles. The highest BCUT2D eigenvalue weighted by Crippen LogP contribution is 2.33. The Morgan fingerprint density at radius 2 is 1.37 bits per heavy atom. The summed E-state index contributed by atoms with van der Waals surface area (Å²) in [6.45, 7) is 9.89. The Balaban J connectivity index is 0.000000861. The maximum Gasteiger partial charge on any atom is 0.234 e. The van der Waals surface area contributed by atoms with E-state index in [2.05, 4.69) is 0 Å². The van der Waals surface area contributed by atoms with E-state index in [-0.39, 0.29) is 17.2 Å². The number of hydrogen-bond donors (Lipinski definition) is 0. The molecule has 0 unspecified atom stereocenters. The van der Waals surface area contributed by atoms with Crippen molar-refractivity contribution < 1.29 is 9.59 Å². The van der Waals surface area contributed by atoms with Crippen molar-refractivity contribution in [2.75, 3.05) is 4.90 Å². The zero-order chi connectivity index (χ0) is 14.6. The number of piperidine rings is 1. The van der Waals surface area contributed by atoms with Crippen molar-refractivity contribution >= 4 is 17.5 Å². The first-order chi connectivity index (χ1) is 8.89. The highest BCUT2D eigenvalue weighted by Gasteiger charge is 2.37. The van der Waals surface area contributed by atoms with Gasteiger partial charge in [-0.2, -0.15) is 0 Å². The van der Waals surface area contributed by atoms with Crippen LogP contribution in [0.2, 0.25) is 0 Å². The van der Waals surface area contributed by atoms with Crippen molar-refractivity contribution in [1.29, 1.82) is 0 Å². The number of amides is 2. The Morgan fingerprint density at radius 1 is 0.947 bits per heavy atom. The summed E-state index contributed by atoms with van der Waals surface area (Å²) in [5, 5.41) is 0. The molecule has 0 aliphatic carbocycles. The lowest BCUT2D eigenvalue weighted by molar-refractivity contribution is -0.132. The Bertz CT molecular complexity index is 440. The predicted octanol–water partition coefficient (Wildman–Crippen LogP) is 3.70. The van der Waals surface area contributed by atoms with E-state index in [1.807, 2.05) is 58.9 Å². The van der Waals surface area contributed by atoms with E-state index in [0.29, 0.717) is 18.5 Å². The average Bonchev–Trinajstić information content (AvgIpc) is 2.32. The van der Waals surface area contributed by atoms with Gasteiger partial charge in [-0.3, -0.25) is 14.5 Å². The molecular formula is C16H23NO2. The first kappa shape index (κ1) is 15.4. The number of anilines is 1. The van der Waals surface area contributed by atoms with E-state index in [1.54, 1.807) is 0 Å². The molecule has 0 radical (unpaired) electrons. The van der Waals surface area contributed by atoms with Crippen molar-refractivity contribution in [2.24, 2.45) is 5.41 Å². The van der Waals surface area contributed by atoms with Crippen LogP contribution in [0.5, 0.6) is 0 Å². The third-order valence-electron chi connectivity index (χ3n) is 3.05. The van der Waals surface area contributed by atoms with Crippen LogP contribution in [-0.4, -0.2) is 11.8 Å². The summed E-state index contributed by atoms with van der Waals surface area (Å²) in [6.07, 6.45) is 0.846. The monoisotopic (exact) mass is 261 g/mol. The van der Waals surface area contributed by atoms with Gasteiger partial charge in [0.1, 0.15) is 0 Å². The van der Waals surface area contributed by atoms with Crippen molar-refractivity contribution in [3.05, 3.63) is 29.8 Å². The Morgan fingerprint density at radius 3 is 1.79 bits per heavy atom. The number of rotatable bonds is 1. The Labute approximate surface area is 115 Å². The number of hydrogen-bond acceptors (Lipinski definition) is 2. The van der Waals surface area contributed by atoms with Crippen LogP contribution < -0.4 is 4.90 Å². The third-order valence-corrected chi connectivity index (χ3v) is 3.05. The van der Waals surface area contributed by atoms with Crippen LogP contribution in [0, 0.1) is 12.3 Å². The summed E-state index contributed by atoms with van der Waals surface area (Å²) in [5.41, 5.74) is 1.59. The van der Waals surface area contributed by atoms with Gasteiger partial charge in [-0.25, -0.2) is 0 Å². The molecule has 1 aromatic rings. The molecule has 2 amide bonds. The molecule has 104 valence electrons. The quantitative estimate of drug-likeness (QED) is 0.723. The van der Waals surface area contributed by atoms with E-state index < -0.39 is 0 Å². The molecule has 2 rings (SSSR count). The second kappa shape index (κ2) is 6.00. The smallest absolute Gasteiger partial charge is 0.234 e. The number of nitrogens with zero attached hydrogens (tertiary/aromatic N) is 1. The van der Waals surface area contributed by atoms with Gasteiger partial charge in [0.2, 0.25) is 11.8 Å². The van der Waals surface area contributed by atoms with Gasteiger partial charge in [0.25, 0.3) is 0 Å². The van der Waals surface area contributed by atoms with Gasteiger partial charge in [-0.05, 0) is 24.5 Å². The van der Waals surface area contributed by atoms with Crippen molar-refractivity contribution in [2.45, 2.75) is 47.5 Å². The minimum Gasteiger partial charge on any atom is -0.274 e. The highest BCUT2D eigenvalue weighted by atomic mass is 16.2. The fourth-order valence-electron chi connectivity index (χ4n) is 2.16. The van der Waals surface area contributed by atoms with Gasteiger partial charge in [-0.15, -0.1) is 0 Å². The standard InChI is InChI=1S/C14H17NO2.C2H6/c1-10-4-6-11(7-5-10)15-12(16)8-14(2,3)9-13(15)17;1-2/h4-7H,8-9H2,1-3H3;1-2H3. The van der Waals surface area contributed by atoms with Gasteiger partial charge >= 0.3 is 0 Å². The average molecular weight is 261 g/mol. The third kappa shape index (κ3) is 3.66. The molecule has 0 spiro atoms. The molecule has 1 saturated heterocycles. The molecule has 0 N–H and O–H groups in total. The molecule has 3 nitrogen and oxygen atoms in total. The molecule has 1 aliphatic rings. The molecule has 1 fully saturated rings. The van der Waals surface area contributed by atoms with Crippen LogP contribution in [0.25, 0.3) is 0 Å². The first-order valence-electron chi connectivity index (χ1n) is 6.81. The van der Waals surface area contributed by atoms with Gasteiger partial charge in [-0.1, -0.05) is 45.4 Å². The molecule has 0 aromatic heterocycles. The maximum absolute atomic E-state index is 12.0. The highest BCUT2D eigenvalue weighted by molar-refractivity contribution is 6.16. The topological polar surface area (TPSA) is 37.4 Å². The van der Waals surface area contributed by atoms with E-state index in [4.69, 9.17) is 0 Å². The van der Waals surface area contributed by atoms with Crippen molar-refractivity contribution in [1.82, 2.24) is 0 Å². The molecule has 1 aliphatic heterocycles. The van der Waals surface area contributed by atoms with Crippen molar-refractivity contribution in [3.8, 4) is 0 Å². The van der Waals surface area contributed by atoms with Crippen molar-refractivity contribution in [3.63, 3.8) is 0 Å². The number of carbonyl (C=O) groups is 2. The van der Waals surface area contributed by atoms with Crippen LogP contribution in [0.4, 0.5) is 5.69 Å². The van der Waals surface area contributed by atoms with E-state index in [0.717, 1.165) is 5.56 Å². The molecular weight excluding hydrogens is 238 g/mol. The largest absolute Gasteiger partial charge is 0.274 e. The number of imide groups is 1. The summed E-state index contributed by atoms with van der Waals surface area (Å²) in [7, 11) is 0. The van der Waals surface area contributed by atoms with E-state index in [1.165, 1.54) is 4.90 Å². The normalized spacial score (nSPS) is 17.8. The molecule has 1 aromatic carbocycles. The molecule has 0 bridgehead atoms. The maximum atomic E-state index is 12.0. The van der Waals surface area contributed by atoms with Gasteiger partial charge in [0, 0.05) is 12.8 Å². The lowest BCUT2D eigenvalue weighted by Gasteiger charge is -2.34. The van der Waals surface area contributed by atoms with Gasteiger partial charge < -0.3 is 0 Å². The fraction of sp³-hybridized carbons (Fsp3) is 0.500. The van der Waals surface area contributed by atoms with Crippen LogP contribution in [0.3, 0.4) is 0 Å². The zero-order valence-corrected chi connectivity index (χ0v) is 12.5. The van der Waals surface area contributed by atoms with Gasteiger partial charge in [0.15, 0.2) is 0 Å². The molecule has 0 atom stereocenters. The lowest BCUT2D eigenvalue weighted by atomic mass is 9.81. The Hall–Kier alpha value is -1.64. The Kier molecular flexibility index (Phi) is 4.87. The van der Waals surface area contributed by atoms with Crippen LogP contribution in [-0.2, 0) is 9.59 Å². The molecule has 19 heavy (non-hydrogen) atoms. The first-order valence-corrected chi connectivity index (χ1v) is 6.81. The summed E-state index contributed by atoms with van der Waals surface area (Å²) >= 11 is 0. The second-order valence-electron chi connectivity index (χ2n) is 5.48. The summed E-state index contributed by atoms with van der Waals surface area (Å²) in [6, 6.07) is 7.47. The van der Waals surface area contributed by atoms with Gasteiger partial charge in [0.05, 0.1) is 5.69 Å². The lowest BCUT2D eigenvalue weighted by Crippen LogP contribution is -2.46. The minimum absolute atomic E-state index is 0.102. The van der Waals surface area contributed by atoms with E-state index in [9.17, 15) is 9.59 Å². The fourth-order valence-corrected chi connectivity index (χ4v) is 2.16. The zero-order valence-electron chi connectivity index (χ0n) is 12.5. The van der Waals surface area contributed by atoms with Crippen LogP contribution in [0.15, 0.2) is 24.3 Å². The number of carbonyl (C=O) groups excluding carboxylic acids is 2. The minimum atomic E-state index is -0.213. The summed E-state index contributed by atoms with van der Waals surface area (Å²) in [4.78, 5) is 25.3. The molecule has 3 heteroatoms. The summed E-state index contributed by atoms with van der Waals surface area (Å²) < 4.78 is 0. The SMILES string of the molecule is CC.Cc1ccc(N2C(=O)CC(C)(C)CC2=O)cc1. The summed E-state index contributed by atoms with van der Waals surface area (Å²) in [5.74, 6) is -0.204. The van der Waals surface area contributed by atoms with E-state index >= 15 is 0 Å². The second-order valence-corrected chi connectivity index (χ2v) is 5.48. The van der Waals surface area contributed by atoms with Crippen LogP contribution >= 0.6 is 0 Å². The predicted molar refractivity (Wildman–Crippen MR) is 78.0 cm³/mol. The molecule has 1 heterocycles. The number of benzene rings is 1.